The van der Waals surface area contributed by atoms with Gasteiger partial charge in [-0.05, 0) is 42.4 Å². The average Bonchev–Trinajstić information content (AvgIpc) is 3.44. The predicted molar refractivity (Wildman–Crippen MR) is 126 cm³/mol. The van der Waals surface area contributed by atoms with Crippen LogP contribution in [0.5, 0.6) is 0 Å². The molecule has 0 radical (unpaired) electrons. The Labute approximate surface area is 184 Å². The lowest BCUT2D eigenvalue weighted by molar-refractivity contribution is -0.129. The first-order chi connectivity index (χ1) is 14.4. The molecule has 0 bridgehead atoms. The summed E-state index contributed by atoms with van der Waals surface area (Å²) in [4.78, 5) is 17.7. The second-order valence-corrected chi connectivity index (χ2v) is 10.3. The highest BCUT2D eigenvalue weighted by Crippen LogP contribution is 2.44. The summed E-state index contributed by atoms with van der Waals surface area (Å²) >= 11 is 1.76. The molecule has 0 aliphatic heterocycles. The van der Waals surface area contributed by atoms with Crippen molar-refractivity contribution in [1.29, 1.82) is 0 Å². The molecule has 6 heteroatoms. The minimum absolute atomic E-state index is 0.136. The molecule has 1 aromatic heterocycles. The van der Waals surface area contributed by atoms with Gasteiger partial charge >= 0.3 is 0 Å². The van der Waals surface area contributed by atoms with Crippen LogP contribution in [0.3, 0.4) is 0 Å². The number of rotatable bonds is 12. The fourth-order valence-corrected chi connectivity index (χ4v) is 4.67. The molecular weight excluding hydrogens is 394 g/mol. The lowest BCUT2D eigenvalue weighted by Gasteiger charge is -2.31. The molecule has 1 aliphatic rings. The summed E-state index contributed by atoms with van der Waals surface area (Å²) in [5.41, 5.74) is 3.47. The highest BCUT2D eigenvalue weighted by molar-refractivity contribution is 7.15. The molecule has 5 nitrogen and oxygen atoms in total. The first-order valence-electron chi connectivity index (χ1n) is 11.0. The van der Waals surface area contributed by atoms with Crippen molar-refractivity contribution in [2.75, 3.05) is 29.9 Å². The summed E-state index contributed by atoms with van der Waals surface area (Å²) in [6, 6.07) is 6.58. The van der Waals surface area contributed by atoms with Crippen LogP contribution in [0.2, 0.25) is 0 Å². The molecule has 0 saturated heterocycles. The molecule has 1 saturated carbocycles. The maximum absolute atomic E-state index is 10.6. The van der Waals surface area contributed by atoms with Crippen LogP contribution < -0.4 is 10.2 Å². The van der Waals surface area contributed by atoms with Crippen LogP contribution in [0.4, 0.5) is 16.4 Å². The maximum atomic E-state index is 10.6. The van der Waals surface area contributed by atoms with Gasteiger partial charge in [0.2, 0.25) is 0 Å². The summed E-state index contributed by atoms with van der Waals surface area (Å²) in [6.45, 7) is 14.1. The molecule has 1 N–H and O–H groups in total. The van der Waals surface area contributed by atoms with Crippen molar-refractivity contribution in [2.45, 2.75) is 59.3 Å². The van der Waals surface area contributed by atoms with Gasteiger partial charge < -0.3 is 15.0 Å². The third-order valence-corrected chi connectivity index (χ3v) is 6.30. The number of nitrogens with one attached hydrogen (secondary N) is 1. The smallest absolute Gasteiger partial charge is 0.293 e. The van der Waals surface area contributed by atoms with Gasteiger partial charge in [-0.3, -0.25) is 4.79 Å². The Morgan fingerprint density at radius 2 is 1.90 bits per heavy atom. The molecule has 30 heavy (non-hydrogen) atoms. The van der Waals surface area contributed by atoms with E-state index in [2.05, 4.69) is 68.0 Å². The third-order valence-electron chi connectivity index (χ3n) is 5.22. The van der Waals surface area contributed by atoms with E-state index in [0.717, 1.165) is 29.3 Å². The molecule has 1 aliphatic carbocycles. The molecule has 2 aromatic rings. The molecular formula is C24H35N3O2S. The van der Waals surface area contributed by atoms with E-state index >= 15 is 0 Å². The van der Waals surface area contributed by atoms with Crippen molar-refractivity contribution in [3.05, 3.63) is 35.0 Å². The van der Waals surface area contributed by atoms with Crippen molar-refractivity contribution >= 4 is 34.2 Å². The van der Waals surface area contributed by atoms with Gasteiger partial charge in [0.15, 0.2) is 0 Å². The summed E-state index contributed by atoms with van der Waals surface area (Å²) in [5.74, 6) is 1.94. The number of benzene rings is 1. The van der Waals surface area contributed by atoms with Crippen LogP contribution in [0.15, 0.2) is 24.4 Å². The third kappa shape index (κ3) is 6.21. The van der Waals surface area contributed by atoms with Crippen LogP contribution in [-0.2, 0) is 9.53 Å². The number of thiazole rings is 1. The maximum Gasteiger partial charge on any atom is 0.293 e. The SMILES string of the molecule is CC(C)CN(CC(C)C)c1ccc(C(C)COC=O)cc1Nc1cnc(C2CC2)s1. The van der Waals surface area contributed by atoms with Crippen molar-refractivity contribution in [1.82, 2.24) is 4.98 Å². The summed E-state index contributed by atoms with van der Waals surface area (Å²) in [6.07, 6.45) is 4.49. The summed E-state index contributed by atoms with van der Waals surface area (Å²) < 4.78 is 5.01. The van der Waals surface area contributed by atoms with Gasteiger partial charge in [0.25, 0.3) is 6.47 Å². The van der Waals surface area contributed by atoms with Crippen molar-refractivity contribution in [3.63, 3.8) is 0 Å². The Bertz CT molecular complexity index is 820. The fraction of sp³-hybridized carbons (Fsp3) is 0.583. The van der Waals surface area contributed by atoms with Gasteiger partial charge in [-0.25, -0.2) is 4.98 Å². The Morgan fingerprint density at radius 1 is 1.20 bits per heavy atom. The monoisotopic (exact) mass is 429 g/mol. The molecule has 1 heterocycles. The van der Waals surface area contributed by atoms with E-state index in [9.17, 15) is 4.79 Å². The van der Waals surface area contributed by atoms with Crippen molar-refractivity contribution in [2.24, 2.45) is 11.8 Å². The second-order valence-electron chi connectivity index (χ2n) is 9.26. The minimum atomic E-state index is 0.136. The highest BCUT2D eigenvalue weighted by atomic mass is 32.1. The number of hydrogen-bond donors (Lipinski definition) is 1. The normalized spacial score (nSPS) is 14.8. The van der Waals surface area contributed by atoms with E-state index in [1.54, 1.807) is 11.3 Å². The Hall–Kier alpha value is -2.08. The van der Waals surface area contributed by atoms with Crippen LogP contribution in [-0.4, -0.2) is 31.2 Å². The summed E-state index contributed by atoms with van der Waals surface area (Å²) in [7, 11) is 0. The summed E-state index contributed by atoms with van der Waals surface area (Å²) in [5, 5.41) is 5.98. The van der Waals surface area contributed by atoms with E-state index in [-0.39, 0.29) is 5.92 Å². The molecule has 0 amide bonds. The average molecular weight is 430 g/mol. The second kappa shape index (κ2) is 10.3. The minimum Gasteiger partial charge on any atom is -0.467 e. The first-order valence-corrected chi connectivity index (χ1v) is 11.9. The number of hydrogen-bond acceptors (Lipinski definition) is 6. The van der Waals surface area contributed by atoms with Gasteiger partial charge in [-0.1, -0.05) is 40.7 Å². The van der Waals surface area contributed by atoms with Gasteiger partial charge in [-0.15, -0.1) is 11.3 Å². The first kappa shape index (κ1) is 22.6. The van der Waals surface area contributed by atoms with Gasteiger partial charge in [0, 0.05) is 24.9 Å². The Balaban J connectivity index is 1.92. The molecule has 1 atom stereocenters. The molecule has 0 spiro atoms. The number of aromatic nitrogens is 1. The largest absolute Gasteiger partial charge is 0.467 e. The fourth-order valence-electron chi connectivity index (χ4n) is 3.67. The topological polar surface area (TPSA) is 54.5 Å². The molecule has 1 fully saturated rings. The Morgan fingerprint density at radius 3 is 2.50 bits per heavy atom. The van der Waals surface area contributed by atoms with E-state index in [1.165, 1.54) is 23.5 Å². The molecule has 164 valence electrons. The number of carbonyl (C=O) groups excluding carboxylic acids is 1. The van der Waals surface area contributed by atoms with E-state index in [1.807, 2.05) is 6.20 Å². The van der Waals surface area contributed by atoms with E-state index in [0.29, 0.717) is 30.8 Å². The molecule has 1 aromatic carbocycles. The number of nitrogens with zero attached hydrogens (tertiary/aromatic N) is 2. The quantitative estimate of drug-likeness (QED) is 0.410. The van der Waals surface area contributed by atoms with E-state index < -0.39 is 0 Å². The van der Waals surface area contributed by atoms with Gasteiger partial charge in [0.1, 0.15) is 5.00 Å². The van der Waals surface area contributed by atoms with Crippen molar-refractivity contribution in [3.8, 4) is 0 Å². The molecule has 1 unspecified atom stereocenters. The zero-order chi connectivity index (χ0) is 21.7. The number of ether oxygens (including phenoxy) is 1. The zero-order valence-corrected chi connectivity index (χ0v) is 19.7. The lowest BCUT2D eigenvalue weighted by atomic mass is 10.00. The number of carbonyl (C=O) groups is 1. The van der Waals surface area contributed by atoms with Gasteiger partial charge in [0.05, 0.1) is 29.2 Å². The van der Waals surface area contributed by atoms with E-state index in [4.69, 9.17) is 4.74 Å². The standard InChI is InChI=1S/C24H35N3O2S/c1-16(2)12-27(13-17(3)4)22-9-8-20(18(5)14-29-15-28)10-21(22)26-23-11-25-24(30-23)19-6-7-19/h8-11,15-19,26H,6-7,12-14H2,1-5H3. The van der Waals surface area contributed by atoms with Crippen molar-refractivity contribution < 1.29 is 9.53 Å². The van der Waals surface area contributed by atoms with Crippen LogP contribution in [0, 0.1) is 11.8 Å². The Kier molecular flexibility index (Phi) is 7.75. The highest BCUT2D eigenvalue weighted by Gasteiger charge is 2.27. The predicted octanol–water partition coefficient (Wildman–Crippen LogP) is 6.16. The van der Waals surface area contributed by atoms with Gasteiger partial charge in [-0.2, -0.15) is 0 Å². The lowest BCUT2D eigenvalue weighted by Crippen LogP contribution is -2.31. The van der Waals surface area contributed by atoms with Crippen LogP contribution in [0.25, 0.3) is 0 Å². The number of anilines is 3. The van der Waals surface area contributed by atoms with Crippen LogP contribution in [0.1, 0.15) is 69.9 Å². The zero-order valence-electron chi connectivity index (χ0n) is 18.9. The van der Waals surface area contributed by atoms with Crippen LogP contribution >= 0.6 is 11.3 Å². The molecule has 3 rings (SSSR count).